The lowest BCUT2D eigenvalue weighted by Crippen LogP contribution is -2.46. The summed E-state index contributed by atoms with van der Waals surface area (Å²) in [4.78, 5) is 6.81. The summed E-state index contributed by atoms with van der Waals surface area (Å²) in [7, 11) is -1.16. The molecule has 0 radical (unpaired) electrons. The van der Waals surface area contributed by atoms with Crippen molar-refractivity contribution in [3.63, 3.8) is 0 Å². The summed E-state index contributed by atoms with van der Waals surface area (Å²) >= 11 is 0. The number of hydrogen-bond donors (Lipinski definition) is 2. The summed E-state index contributed by atoms with van der Waals surface area (Å²) < 4.78 is 23.3. The van der Waals surface area contributed by atoms with Gasteiger partial charge in [0.1, 0.15) is 0 Å². The second kappa shape index (κ2) is 10.1. The average Bonchev–Trinajstić information content (AvgIpc) is 3.25. The molecule has 0 saturated carbocycles. The Bertz CT molecular complexity index is 731. The highest BCUT2D eigenvalue weighted by Crippen LogP contribution is 2.25. The number of benzene rings is 1. The highest BCUT2D eigenvalue weighted by molar-refractivity contribution is 14.0. The van der Waals surface area contributed by atoms with Crippen molar-refractivity contribution in [1.29, 1.82) is 0 Å². The van der Waals surface area contributed by atoms with Crippen molar-refractivity contribution in [3.8, 4) is 0 Å². The predicted molar refractivity (Wildman–Crippen MR) is 122 cm³/mol. The van der Waals surface area contributed by atoms with Crippen LogP contribution in [0.25, 0.3) is 0 Å². The smallest absolute Gasteiger partial charge is 0.191 e. The molecule has 27 heavy (non-hydrogen) atoms. The van der Waals surface area contributed by atoms with Gasteiger partial charge in [0.05, 0.1) is 17.5 Å². The summed E-state index contributed by atoms with van der Waals surface area (Å²) in [6, 6.07) is 8.99. The van der Waals surface area contributed by atoms with Gasteiger partial charge in [0, 0.05) is 19.6 Å². The van der Waals surface area contributed by atoms with Crippen LogP contribution in [0, 0.1) is 6.92 Å². The Morgan fingerprint density at radius 2 is 1.93 bits per heavy atom. The fraction of sp³-hybridized carbons (Fsp3) is 0.632. The molecule has 152 valence electrons. The molecular formula is C19H31IN4O2S. The van der Waals surface area contributed by atoms with Crippen LogP contribution in [-0.4, -0.2) is 63.5 Å². The summed E-state index contributed by atoms with van der Waals surface area (Å²) in [6.07, 6.45) is 3.14. The van der Waals surface area contributed by atoms with Crippen molar-refractivity contribution in [1.82, 2.24) is 15.5 Å². The summed E-state index contributed by atoms with van der Waals surface area (Å²) in [6.45, 7) is 5.09. The van der Waals surface area contributed by atoms with Gasteiger partial charge in [0.2, 0.25) is 0 Å². The minimum atomic E-state index is -2.89. The van der Waals surface area contributed by atoms with Crippen molar-refractivity contribution in [2.24, 2.45) is 4.99 Å². The lowest BCUT2D eigenvalue weighted by Gasteiger charge is -2.29. The van der Waals surface area contributed by atoms with E-state index < -0.39 is 9.84 Å². The molecule has 2 aliphatic rings. The molecule has 8 heteroatoms. The lowest BCUT2D eigenvalue weighted by atomic mass is 10.0. The van der Waals surface area contributed by atoms with E-state index in [0.717, 1.165) is 19.6 Å². The Kier molecular flexibility index (Phi) is 8.36. The maximum Gasteiger partial charge on any atom is 0.191 e. The largest absolute Gasteiger partial charge is 0.354 e. The van der Waals surface area contributed by atoms with E-state index in [1.165, 1.54) is 24.0 Å². The molecule has 2 saturated heterocycles. The zero-order valence-corrected chi connectivity index (χ0v) is 19.3. The van der Waals surface area contributed by atoms with Crippen LogP contribution in [-0.2, 0) is 9.84 Å². The van der Waals surface area contributed by atoms with E-state index in [9.17, 15) is 8.42 Å². The minimum Gasteiger partial charge on any atom is -0.354 e. The van der Waals surface area contributed by atoms with Crippen molar-refractivity contribution < 1.29 is 8.42 Å². The Morgan fingerprint density at radius 1 is 1.26 bits per heavy atom. The number of sulfone groups is 1. The zero-order valence-electron chi connectivity index (χ0n) is 16.1. The highest BCUT2D eigenvalue weighted by Gasteiger charge is 2.29. The van der Waals surface area contributed by atoms with Crippen LogP contribution < -0.4 is 10.6 Å². The topological polar surface area (TPSA) is 73.8 Å². The third-order valence-electron chi connectivity index (χ3n) is 5.30. The Labute approximate surface area is 180 Å². The van der Waals surface area contributed by atoms with Crippen LogP contribution in [0.1, 0.15) is 36.4 Å². The van der Waals surface area contributed by atoms with E-state index in [-0.39, 0.29) is 41.5 Å². The van der Waals surface area contributed by atoms with Crippen molar-refractivity contribution >= 4 is 39.8 Å². The van der Waals surface area contributed by atoms with Crippen LogP contribution in [0.3, 0.4) is 0 Å². The van der Waals surface area contributed by atoms with E-state index in [4.69, 9.17) is 0 Å². The SMILES string of the molecule is CN=C(NCC(c1ccc(C)cc1)N1CCCC1)NC1CCS(=O)(=O)C1.I. The predicted octanol–water partition coefficient (Wildman–Crippen LogP) is 2.10. The number of likely N-dealkylation sites (tertiary alicyclic amines) is 1. The Balaban J connectivity index is 0.00000261. The molecular weight excluding hydrogens is 475 g/mol. The molecule has 1 aromatic rings. The monoisotopic (exact) mass is 506 g/mol. The molecule has 6 nitrogen and oxygen atoms in total. The standard InChI is InChI=1S/C19H30N4O2S.HI/c1-15-5-7-16(8-6-15)18(23-10-3-4-11-23)13-21-19(20-2)22-17-9-12-26(24,25)14-17;/h5-8,17-18H,3-4,9-14H2,1-2H3,(H2,20,21,22);1H. The number of halogens is 1. The van der Waals surface area contributed by atoms with Gasteiger partial charge < -0.3 is 10.6 Å². The van der Waals surface area contributed by atoms with Crippen molar-refractivity contribution in [2.75, 3.05) is 38.2 Å². The van der Waals surface area contributed by atoms with E-state index in [1.807, 2.05) is 0 Å². The second-order valence-electron chi connectivity index (χ2n) is 7.37. The number of guanidine groups is 1. The van der Waals surface area contributed by atoms with E-state index in [1.54, 1.807) is 7.05 Å². The fourth-order valence-electron chi connectivity index (χ4n) is 3.79. The summed E-state index contributed by atoms with van der Waals surface area (Å²) in [5, 5.41) is 6.69. The highest BCUT2D eigenvalue weighted by atomic mass is 127. The number of nitrogens with one attached hydrogen (secondary N) is 2. The second-order valence-corrected chi connectivity index (χ2v) is 9.60. The molecule has 2 fully saturated rings. The fourth-order valence-corrected chi connectivity index (χ4v) is 5.46. The van der Waals surface area contributed by atoms with Gasteiger partial charge in [-0.1, -0.05) is 29.8 Å². The van der Waals surface area contributed by atoms with Gasteiger partial charge in [-0.15, -0.1) is 24.0 Å². The molecule has 0 aromatic heterocycles. The van der Waals surface area contributed by atoms with Gasteiger partial charge in [-0.3, -0.25) is 9.89 Å². The molecule has 2 atom stereocenters. The van der Waals surface area contributed by atoms with Crippen LogP contribution in [0.15, 0.2) is 29.3 Å². The molecule has 2 heterocycles. The van der Waals surface area contributed by atoms with E-state index in [0.29, 0.717) is 18.4 Å². The van der Waals surface area contributed by atoms with Crippen LogP contribution in [0.4, 0.5) is 0 Å². The van der Waals surface area contributed by atoms with Gasteiger partial charge in [-0.25, -0.2) is 8.42 Å². The third-order valence-corrected chi connectivity index (χ3v) is 7.07. The number of hydrogen-bond acceptors (Lipinski definition) is 4. The molecule has 2 unspecified atom stereocenters. The van der Waals surface area contributed by atoms with Gasteiger partial charge >= 0.3 is 0 Å². The van der Waals surface area contributed by atoms with E-state index >= 15 is 0 Å². The molecule has 0 aliphatic carbocycles. The first kappa shape index (κ1) is 22.4. The third kappa shape index (κ3) is 6.32. The molecule has 1 aromatic carbocycles. The summed E-state index contributed by atoms with van der Waals surface area (Å²) in [5.41, 5.74) is 2.57. The molecule has 2 aliphatic heterocycles. The summed E-state index contributed by atoms with van der Waals surface area (Å²) in [5.74, 6) is 1.14. The van der Waals surface area contributed by atoms with E-state index in [2.05, 4.69) is 51.7 Å². The average molecular weight is 506 g/mol. The molecule has 0 amide bonds. The number of aryl methyl sites for hydroxylation is 1. The Morgan fingerprint density at radius 3 is 2.48 bits per heavy atom. The van der Waals surface area contributed by atoms with Gasteiger partial charge in [0.25, 0.3) is 0 Å². The molecule has 0 spiro atoms. The quantitative estimate of drug-likeness (QED) is 0.364. The maximum absolute atomic E-state index is 11.7. The number of rotatable bonds is 5. The normalized spacial score (nSPS) is 23.6. The van der Waals surface area contributed by atoms with Crippen LogP contribution in [0.2, 0.25) is 0 Å². The van der Waals surface area contributed by atoms with Crippen molar-refractivity contribution in [2.45, 2.75) is 38.3 Å². The molecule has 2 N–H and O–H groups in total. The first-order valence-electron chi connectivity index (χ1n) is 9.45. The van der Waals surface area contributed by atoms with Crippen LogP contribution >= 0.6 is 24.0 Å². The van der Waals surface area contributed by atoms with Crippen LogP contribution in [0.5, 0.6) is 0 Å². The molecule has 0 bridgehead atoms. The number of aliphatic imine (C=N–C) groups is 1. The Hall–Kier alpha value is -0.870. The van der Waals surface area contributed by atoms with Gasteiger partial charge in [-0.05, 0) is 44.8 Å². The maximum atomic E-state index is 11.7. The minimum absolute atomic E-state index is 0. The van der Waals surface area contributed by atoms with Crippen molar-refractivity contribution in [3.05, 3.63) is 35.4 Å². The van der Waals surface area contributed by atoms with Gasteiger partial charge in [-0.2, -0.15) is 0 Å². The first-order chi connectivity index (χ1) is 12.5. The lowest BCUT2D eigenvalue weighted by molar-refractivity contribution is 0.245. The number of nitrogens with zero attached hydrogens (tertiary/aromatic N) is 2. The first-order valence-corrected chi connectivity index (χ1v) is 11.3. The molecule has 3 rings (SSSR count). The van der Waals surface area contributed by atoms with Gasteiger partial charge in [0.15, 0.2) is 15.8 Å². The zero-order chi connectivity index (χ0) is 18.6.